The molecule has 0 radical (unpaired) electrons. The van der Waals surface area contributed by atoms with Crippen molar-refractivity contribution < 1.29 is 9.59 Å². The smallest absolute Gasteiger partial charge is 0.240 e. The Bertz CT molecular complexity index is 516. The molecule has 5 heteroatoms. The fourth-order valence-electron chi connectivity index (χ4n) is 2.71. The summed E-state index contributed by atoms with van der Waals surface area (Å²) in [6.45, 7) is 2.43. The third-order valence-electron chi connectivity index (χ3n) is 3.90. The number of nitrogens with zero attached hydrogens (tertiary/aromatic N) is 1. The molecule has 0 spiro atoms. The maximum absolute atomic E-state index is 12.6. The van der Waals surface area contributed by atoms with E-state index in [4.69, 9.17) is 11.5 Å². The minimum absolute atomic E-state index is 0.0564. The topological polar surface area (TPSA) is 89.4 Å². The molecule has 5 nitrogen and oxygen atoms in total. The summed E-state index contributed by atoms with van der Waals surface area (Å²) in [5, 5.41) is 0. The summed E-state index contributed by atoms with van der Waals surface area (Å²) < 4.78 is 0. The molecule has 0 bridgehead atoms. The zero-order valence-electron chi connectivity index (χ0n) is 11.7. The molecule has 0 aromatic heterocycles. The van der Waals surface area contributed by atoms with Crippen LogP contribution in [0.15, 0.2) is 24.3 Å². The van der Waals surface area contributed by atoms with Gasteiger partial charge in [0, 0.05) is 12.2 Å². The van der Waals surface area contributed by atoms with Crippen molar-refractivity contribution in [1.29, 1.82) is 0 Å². The fraction of sp³-hybridized carbons (Fsp3) is 0.467. The van der Waals surface area contributed by atoms with Crippen LogP contribution in [0.4, 0.5) is 5.69 Å². The van der Waals surface area contributed by atoms with Crippen LogP contribution in [0.3, 0.4) is 0 Å². The van der Waals surface area contributed by atoms with E-state index in [9.17, 15) is 9.59 Å². The summed E-state index contributed by atoms with van der Waals surface area (Å²) in [6.07, 6.45) is 2.51. The van der Waals surface area contributed by atoms with Crippen LogP contribution >= 0.6 is 0 Å². The first-order valence-corrected chi connectivity index (χ1v) is 6.96. The molecule has 108 valence electrons. The van der Waals surface area contributed by atoms with Crippen molar-refractivity contribution in [2.45, 2.75) is 38.1 Å². The first-order chi connectivity index (χ1) is 9.50. The SMILES string of the molecule is CC(C(=O)N1CCCCC1C(N)=O)c1cccc(N)c1. The van der Waals surface area contributed by atoms with E-state index < -0.39 is 11.9 Å². The number of anilines is 1. The van der Waals surface area contributed by atoms with E-state index in [-0.39, 0.29) is 11.8 Å². The van der Waals surface area contributed by atoms with E-state index in [1.54, 1.807) is 17.0 Å². The highest BCUT2D eigenvalue weighted by atomic mass is 16.2. The third kappa shape index (κ3) is 2.92. The van der Waals surface area contributed by atoms with Gasteiger partial charge in [0.15, 0.2) is 0 Å². The maximum atomic E-state index is 12.6. The number of nitrogens with two attached hydrogens (primary N) is 2. The number of primary amides is 1. The van der Waals surface area contributed by atoms with Gasteiger partial charge in [0.2, 0.25) is 11.8 Å². The fourth-order valence-corrected chi connectivity index (χ4v) is 2.71. The van der Waals surface area contributed by atoms with Gasteiger partial charge in [0.1, 0.15) is 6.04 Å². The minimum Gasteiger partial charge on any atom is -0.399 e. The number of hydrogen-bond acceptors (Lipinski definition) is 3. The Balaban J connectivity index is 2.18. The van der Waals surface area contributed by atoms with Crippen molar-refractivity contribution in [3.8, 4) is 0 Å². The Morgan fingerprint density at radius 3 is 2.75 bits per heavy atom. The molecule has 1 aromatic rings. The zero-order valence-corrected chi connectivity index (χ0v) is 11.7. The van der Waals surface area contributed by atoms with Gasteiger partial charge in [-0.3, -0.25) is 9.59 Å². The predicted octanol–water partition coefficient (Wildman–Crippen LogP) is 1.24. The van der Waals surface area contributed by atoms with Crippen LogP contribution in [0.1, 0.15) is 37.7 Å². The lowest BCUT2D eigenvalue weighted by atomic mass is 9.95. The molecule has 0 aliphatic carbocycles. The van der Waals surface area contributed by atoms with Crippen LogP contribution in [-0.2, 0) is 9.59 Å². The van der Waals surface area contributed by atoms with Gasteiger partial charge in [-0.25, -0.2) is 0 Å². The summed E-state index contributed by atoms with van der Waals surface area (Å²) in [4.78, 5) is 25.7. The summed E-state index contributed by atoms with van der Waals surface area (Å²) in [5.74, 6) is -0.796. The number of nitrogen functional groups attached to an aromatic ring is 1. The van der Waals surface area contributed by atoms with E-state index in [0.29, 0.717) is 18.7 Å². The molecule has 4 N–H and O–H groups in total. The lowest BCUT2D eigenvalue weighted by molar-refractivity contribution is -0.142. The Kier molecular flexibility index (Phi) is 4.27. The summed E-state index contributed by atoms with van der Waals surface area (Å²) in [6, 6.07) is 6.82. The molecule has 2 unspecified atom stereocenters. The van der Waals surface area contributed by atoms with Gasteiger partial charge >= 0.3 is 0 Å². The highest BCUT2D eigenvalue weighted by Gasteiger charge is 2.33. The van der Waals surface area contributed by atoms with Crippen LogP contribution in [0.25, 0.3) is 0 Å². The number of amides is 2. The highest BCUT2D eigenvalue weighted by Crippen LogP contribution is 2.25. The Hall–Kier alpha value is -2.04. The molecule has 1 heterocycles. The van der Waals surface area contributed by atoms with E-state index in [1.165, 1.54) is 0 Å². The van der Waals surface area contributed by atoms with Crippen LogP contribution in [0, 0.1) is 0 Å². The largest absolute Gasteiger partial charge is 0.399 e. The lowest BCUT2D eigenvalue weighted by Crippen LogP contribution is -2.51. The van der Waals surface area contributed by atoms with Gasteiger partial charge in [-0.2, -0.15) is 0 Å². The summed E-state index contributed by atoms with van der Waals surface area (Å²) in [7, 11) is 0. The van der Waals surface area contributed by atoms with Crippen LogP contribution in [-0.4, -0.2) is 29.3 Å². The first kappa shape index (κ1) is 14.4. The molecule has 1 fully saturated rings. The van der Waals surface area contributed by atoms with Crippen molar-refractivity contribution in [3.05, 3.63) is 29.8 Å². The molecule has 1 saturated heterocycles. The van der Waals surface area contributed by atoms with Gasteiger partial charge in [0.25, 0.3) is 0 Å². The Morgan fingerprint density at radius 1 is 1.35 bits per heavy atom. The average molecular weight is 275 g/mol. The maximum Gasteiger partial charge on any atom is 0.240 e. The monoisotopic (exact) mass is 275 g/mol. The number of piperidine rings is 1. The van der Waals surface area contributed by atoms with Crippen LogP contribution in [0.2, 0.25) is 0 Å². The van der Waals surface area contributed by atoms with E-state index in [2.05, 4.69) is 0 Å². The van der Waals surface area contributed by atoms with E-state index >= 15 is 0 Å². The molecule has 20 heavy (non-hydrogen) atoms. The van der Waals surface area contributed by atoms with Crippen molar-refractivity contribution in [1.82, 2.24) is 4.90 Å². The number of benzene rings is 1. The molecule has 1 aliphatic heterocycles. The molecule has 2 amide bonds. The number of rotatable bonds is 3. The number of likely N-dealkylation sites (tertiary alicyclic amines) is 1. The predicted molar refractivity (Wildman–Crippen MR) is 77.8 cm³/mol. The zero-order chi connectivity index (χ0) is 14.7. The number of hydrogen-bond donors (Lipinski definition) is 2. The molecular weight excluding hydrogens is 254 g/mol. The van der Waals surface area contributed by atoms with Crippen molar-refractivity contribution in [2.24, 2.45) is 5.73 Å². The number of carbonyl (C=O) groups excluding carboxylic acids is 2. The molecule has 1 aromatic carbocycles. The average Bonchev–Trinajstić information content (AvgIpc) is 2.45. The number of carbonyl (C=O) groups is 2. The van der Waals surface area contributed by atoms with Crippen molar-refractivity contribution in [3.63, 3.8) is 0 Å². The normalized spacial score (nSPS) is 20.4. The Labute approximate surface area is 118 Å². The quantitative estimate of drug-likeness (QED) is 0.813. The summed E-state index contributed by atoms with van der Waals surface area (Å²) in [5.41, 5.74) is 12.7. The lowest BCUT2D eigenvalue weighted by Gasteiger charge is -2.35. The third-order valence-corrected chi connectivity index (χ3v) is 3.90. The van der Waals surface area contributed by atoms with Crippen LogP contribution < -0.4 is 11.5 Å². The molecule has 2 atom stereocenters. The first-order valence-electron chi connectivity index (χ1n) is 6.96. The van der Waals surface area contributed by atoms with Gasteiger partial charge in [-0.15, -0.1) is 0 Å². The van der Waals surface area contributed by atoms with Gasteiger partial charge in [-0.05, 0) is 43.9 Å². The van der Waals surface area contributed by atoms with E-state index in [1.807, 2.05) is 19.1 Å². The van der Waals surface area contributed by atoms with Gasteiger partial charge in [-0.1, -0.05) is 12.1 Å². The molecule has 2 rings (SSSR count). The summed E-state index contributed by atoms with van der Waals surface area (Å²) >= 11 is 0. The Morgan fingerprint density at radius 2 is 2.10 bits per heavy atom. The van der Waals surface area contributed by atoms with Crippen molar-refractivity contribution in [2.75, 3.05) is 12.3 Å². The molecule has 1 aliphatic rings. The van der Waals surface area contributed by atoms with Crippen molar-refractivity contribution >= 4 is 17.5 Å². The molecule has 0 saturated carbocycles. The highest BCUT2D eigenvalue weighted by molar-refractivity contribution is 5.90. The van der Waals surface area contributed by atoms with Gasteiger partial charge in [0.05, 0.1) is 5.92 Å². The van der Waals surface area contributed by atoms with E-state index in [0.717, 1.165) is 18.4 Å². The second-order valence-corrected chi connectivity index (χ2v) is 5.34. The van der Waals surface area contributed by atoms with Gasteiger partial charge < -0.3 is 16.4 Å². The standard InChI is InChI=1S/C15H21N3O2/c1-10(11-5-4-6-12(16)9-11)15(20)18-8-3-2-7-13(18)14(17)19/h4-6,9-10,13H,2-3,7-8,16H2,1H3,(H2,17,19). The molecular formula is C15H21N3O2. The van der Waals surface area contributed by atoms with Crippen LogP contribution in [0.5, 0.6) is 0 Å². The second kappa shape index (κ2) is 5.94. The second-order valence-electron chi connectivity index (χ2n) is 5.34. The minimum atomic E-state index is -0.472.